The third kappa shape index (κ3) is 1.81. The molecule has 0 saturated heterocycles. The second kappa shape index (κ2) is 3.65. The van der Waals surface area contributed by atoms with Gasteiger partial charge in [0.25, 0.3) is 0 Å². The van der Waals surface area contributed by atoms with E-state index in [0.29, 0.717) is 11.6 Å². The lowest BCUT2D eigenvalue weighted by Crippen LogP contribution is -2.06. The molecule has 2 heteroatoms. The maximum Gasteiger partial charge on any atom is 0.144 e. The Labute approximate surface area is 72.6 Å². The Bertz CT molecular complexity index is 258. The summed E-state index contributed by atoms with van der Waals surface area (Å²) in [5, 5.41) is 0. The maximum atomic E-state index is 13.1. The Morgan fingerprint density at radius 3 is 2.50 bits per heavy atom. The molecule has 0 N–H and O–H groups in total. The number of hydrogen-bond donors (Lipinski definition) is 0. The van der Waals surface area contributed by atoms with Gasteiger partial charge in [-0.25, -0.2) is 4.39 Å². The lowest BCUT2D eigenvalue weighted by Gasteiger charge is -2.14. The van der Waals surface area contributed by atoms with Crippen LogP contribution >= 0.6 is 0 Å². The summed E-state index contributed by atoms with van der Waals surface area (Å²) in [6.45, 7) is 6.13. The highest BCUT2D eigenvalue weighted by Crippen LogP contribution is 2.23. The molecule has 0 amide bonds. The largest absolute Gasteiger partial charge is 0.258 e. The van der Waals surface area contributed by atoms with Crippen LogP contribution in [0, 0.1) is 11.7 Å². The fraction of sp³-hybridized carbons (Fsp3) is 0.500. The fourth-order valence-corrected chi connectivity index (χ4v) is 1.05. The number of rotatable bonds is 2. The van der Waals surface area contributed by atoms with Crippen molar-refractivity contribution in [2.75, 3.05) is 0 Å². The van der Waals surface area contributed by atoms with Gasteiger partial charge in [0.15, 0.2) is 0 Å². The average Bonchev–Trinajstić information content (AvgIpc) is 2.04. The Hall–Kier alpha value is -0.920. The summed E-state index contributed by atoms with van der Waals surface area (Å²) < 4.78 is 13.1. The van der Waals surface area contributed by atoms with Crippen LogP contribution in [0.5, 0.6) is 0 Å². The summed E-state index contributed by atoms with van der Waals surface area (Å²) in [7, 11) is 0. The first kappa shape index (κ1) is 9.17. The Kier molecular flexibility index (Phi) is 2.79. The molecular weight excluding hydrogens is 153 g/mol. The molecule has 12 heavy (non-hydrogen) atoms. The van der Waals surface area contributed by atoms with E-state index >= 15 is 0 Å². The molecule has 0 aliphatic heterocycles. The van der Waals surface area contributed by atoms with E-state index < -0.39 is 0 Å². The van der Waals surface area contributed by atoms with Crippen LogP contribution < -0.4 is 0 Å². The van der Waals surface area contributed by atoms with Crippen molar-refractivity contribution < 1.29 is 4.39 Å². The minimum atomic E-state index is -0.196. The van der Waals surface area contributed by atoms with E-state index in [1.165, 1.54) is 6.07 Å². The van der Waals surface area contributed by atoms with Crippen molar-refractivity contribution in [2.24, 2.45) is 5.92 Å². The topological polar surface area (TPSA) is 12.9 Å². The van der Waals surface area contributed by atoms with Crippen LogP contribution in [0.4, 0.5) is 4.39 Å². The molecule has 0 aliphatic rings. The molecular formula is C10H14FN. The summed E-state index contributed by atoms with van der Waals surface area (Å²) in [6.07, 6.45) is 1.64. The van der Waals surface area contributed by atoms with E-state index in [4.69, 9.17) is 0 Å². The lowest BCUT2D eigenvalue weighted by molar-refractivity contribution is 0.487. The predicted molar refractivity (Wildman–Crippen MR) is 47.4 cm³/mol. The van der Waals surface area contributed by atoms with Crippen molar-refractivity contribution in [3.63, 3.8) is 0 Å². The van der Waals surface area contributed by atoms with Gasteiger partial charge in [-0.3, -0.25) is 4.98 Å². The first-order valence-corrected chi connectivity index (χ1v) is 4.23. The molecule has 0 aromatic carbocycles. The summed E-state index contributed by atoms with van der Waals surface area (Å²) in [5.74, 6) is 0.416. The number of hydrogen-bond acceptors (Lipinski definition) is 1. The quantitative estimate of drug-likeness (QED) is 0.659. The van der Waals surface area contributed by atoms with Gasteiger partial charge in [0.1, 0.15) is 5.82 Å². The Morgan fingerprint density at radius 1 is 1.33 bits per heavy atom. The smallest absolute Gasteiger partial charge is 0.144 e. The van der Waals surface area contributed by atoms with Gasteiger partial charge in [-0.2, -0.15) is 0 Å². The fourth-order valence-electron chi connectivity index (χ4n) is 1.05. The van der Waals surface area contributed by atoms with Gasteiger partial charge >= 0.3 is 0 Å². The summed E-state index contributed by atoms with van der Waals surface area (Å²) in [5.41, 5.74) is 0.576. The van der Waals surface area contributed by atoms with Crippen molar-refractivity contribution in [1.29, 1.82) is 0 Å². The van der Waals surface area contributed by atoms with Crippen molar-refractivity contribution >= 4 is 0 Å². The lowest BCUT2D eigenvalue weighted by atomic mass is 9.94. The van der Waals surface area contributed by atoms with E-state index in [1.807, 2.05) is 6.92 Å². The van der Waals surface area contributed by atoms with Crippen LogP contribution in [0.15, 0.2) is 18.3 Å². The summed E-state index contributed by atoms with van der Waals surface area (Å²) in [4.78, 5) is 4.02. The van der Waals surface area contributed by atoms with E-state index in [0.717, 1.165) is 0 Å². The summed E-state index contributed by atoms with van der Waals surface area (Å²) >= 11 is 0. The minimum absolute atomic E-state index is 0.186. The molecule has 0 fully saturated rings. The van der Waals surface area contributed by atoms with E-state index in [-0.39, 0.29) is 11.7 Å². The van der Waals surface area contributed by atoms with Gasteiger partial charge in [0.2, 0.25) is 0 Å². The van der Waals surface area contributed by atoms with Gasteiger partial charge in [-0.1, -0.05) is 20.8 Å². The zero-order valence-electron chi connectivity index (χ0n) is 7.71. The second-order valence-electron chi connectivity index (χ2n) is 3.40. The minimum Gasteiger partial charge on any atom is -0.258 e. The van der Waals surface area contributed by atoms with E-state index in [1.54, 1.807) is 12.3 Å². The van der Waals surface area contributed by atoms with Gasteiger partial charge < -0.3 is 0 Å². The Balaban J connectivity index is 2.94. The molecule has 1 rings (SSSR count). The normalized spacial score (nSPS) is 13.4. The highest BCUT2D eigenvalue weighted by molar-refractivity contribution is 5.11. The third-order valence-electron chi connectivity index (χ3n) is 2.22. The molecule has 1 atom stereocenters. The first-order chi connectivity index (χ1) is 5.63. The number of pyridine rings is 1. The molecule has 66 valence electrons. The van der Waals surface area contributed by atoms with Crippen LogP contribution in [0.25, 0.3) is 0 Å². The SMILES string of the molecule is CC(C)C(C)c1ncccc1F. The number of halogens is 1. The average molecular weight is 167 g/mol. The molecule has 1 aromatic rings. The zero-order valence-corrected chi connectivity index (χ0v) is 7.71. The molecule has 1 unspecified atom stereocenters. The maximum absolute atomic E-state index is 13.1. The first-order valence-electron chi connectivity index (χ1n) is 4.23. The molecule has 0 aliphatic carbocycles. The highest BCUT2D eigenvalue weighted by Gasteiger charge is 2.14. The molecule has 0 bridgehead atoms. The van der Waals surface area contributed by atoms with Gasteiger partial charge in [-0.05, 0) is 18.1 Å². The van der Waals surface area contributed by atoms with Crippen molar-refractivity contribution in [3.05, 3.63) is 29.8 Å². The van der Waals surface area contributed by atoms with Crippen LogP contribution in [-0.4, -0.2) is 4.98 Å². The van der Waals surface area contributed by atoms with Gasteiger partial charge in [0.05, 0.1) is 5.69 Å². The van der Waals surface area contributed by atoms with Crippen LogP contribution in [0.2, 0.25) is 0 Å². The molecule has 0 spiro atoms. The van der Waals surface area contributed by atoms with Gasteiger partial charge in [-0.15, -0.1) is 0 Å². The Morgan fingerprint density at radius 2 is 2.00 bits per heavy atom. The highest BCUT2D eigenvalue weighted by atomic mass is 19.1. The second-order valence-corrected chi connectivity index (χ2v) is 3.40. The number of aromatic nitrogens is 1. The van der Waals surface area contributed by atoms with Crippen molar-refractivity contribution in [2.45, 2.75) is 26.7 Å². The monoisotopic (exact) mass is 167 g/mol. The zero-order chi connectivity index (χ0) is 9.14. The molecule has 0 saturated carbocycles. The van der Waals surface area contributed by atoms with Crippen LogP contribution in [0.1, 0.15) is 32.4 Å². The van der Waals surface area contributed by atoms with E-state index in [9.17, 15) is 4.39 Å². The van der Waals surface area contributed by atoms with Crippen molar-refractivity contribution in [3.8, 4) is 0 Å². The predicted octanol–water partition coefficient (Wildman–Crippen LogP) is 2.98. The standard InChI is InChI=1S/C10H14FN/c1-7(2)8(3)10-9(11)5-4-6-12-10/h4-8H,1-3H3. The van der Waals surface area contributed by atoms with Gasteiger partial charge in [0, 0.05) is 12.1 Å². The van der Waals surface area contributed by atoms with E-state index in [2.05, 4.69) is 18.8 Å². The third-order valence-corrected chi connectivity index (χ3v) is 2.22. The molecule has 1 heterocycles. The molecule has 1 nitrogen and oxygen atoms in total. The number of nitrogens with zero attached hydrogens (tertiary/aromatic N) is 1. The molecule has 1 aromatic heterocycles. The van der Waals surface area contributed by atoms with Crippen molar-refractivity contribution in [1.82, 2.24) is 4.98 Å². The molecule has 0 radical (unpaired) electrons. The van der Waals surface area contributed by atoms with Crippen LogP contribution in [0.3, 0.4) is 0 Å². The summed E-state index contributed by atoms with van der Waals surface area (Å²) in [6, 6.07) is 3.08. The van der Waals surface area contributed by atoms with Crippen LogP contribution in [-0.2, 0) is 0 Å².